The summed E-state index contributed by atoms with van der Waals surface area (Å²) in [6.45, 7) is 0. The third-order valence-electron chi connectivity index (χ3n) is 11.7. The summed E-state index contributed by atoms with van der Waals surface area (Å²) in [5, 5.41) is 8.22. The molecule has 3 aromatic heterocycles. The Morgan fingerprint density at radius 2 is 0.862 bits per heavy atom. The van der Waals surface area contributed by atoms with E-state index >= 15 is 0 Å². The van der Waals surface area contributed by atoms with E-state index in [1.165, 1.54) is 37.8 Å². The molecule has 0 bridgehead atoms. The van der Waals surface area contributed by atoms with Gasteiger partial charge in [-0.05, 0) is 87.6 Å². The summed E-state index contributed by atoms with van der Waals surface area (Å²) in [6, 6.07) is 73.9. The molecule has 0 saturated heterocycles. The minimum absolute atomic E-state index is 0.647. The van der Waals surface area contributed by atoms with Crippen LogP contribution in [0.15, 0.2) is 206 Å². The first-order chi connectivity index (χ1) is 28.8. The lowest BCUT2D eigenvalue weighted by atomic mass is 9.91. The maximum Gasteiger partial charge on any atom is 0.235 e. The van der Waals surface area contributed by atoms with Crippen LogP contribution < -0.4 is 0 Å². The molecule has 0 N–H and O–H groups in total. The topological polar surface area (TPSA) is 35.6 Å². The van der Waals surface area contributed by atoms with Crippen molar-refractivity contribution in [1.29, 1.82) is 0 Å². The third kappa shape index (κ3) is 5.02. The number of rotatable bonds is 5. The predicted octanol–water partition coefficient (Wildman–Crippen LogP) is 14.0. The maximum absolute atomic E-state index is 5.51. The van der Waals surface area contributed by atoms with E-state index < -0.39 is 0 Å². The Morgan fingerprint density at radius 3 is 1.60 bits per heavy atom. The van der Waals surface area contributed by atoms with Crippen molar-refractivity contribution in [3.8, 4) is 45.1 Å². The number of hydrogen-bond acceptors (Lipinski definition) is 2. The first-order valence-electron chi connectivity index (χ1n) is 19.7. The van der Waals surface area contributed by atoms with Crippen LogP contribution in [-0.4, -0.2) is 19.1 Å². The molecule has 0 saturated carbocycles. The van der Waals surface area contributed by atoms with Gasteiger partial charge in [-0.25, -0.2) is 9.97 Å². The summed E-state index contributed by atoms with van der Waals surface area (Å²) in [7, 11) is 0. The van der Waals surface area contributed by atoms with Crippen LogP contribution in [0, 0.1) is 0 Å². The highest BCUT2D eigenvalue weighted by Gasteiger charge is 2.21. The van der Waals surface area contributed by atoms with Crippen LogP contribution in [0.3, 0.4) is 0 Å². The summed E-state index contributed by atoms with van der Waals surface area (Å²) in [4.78, 5) is 11.0. The first-order valence-corrected chi connectivity index (χ1v) is 19.7. The average molecular weight is 739 g/mol. The first kappa shape index (κ1) is 32.4. The van der Waals surface area contributed by atoms with E-state index in [0.717, 1.165) is 66.7 Å². The van der Waals surface area contributed by atoms with Crippen molar-refractivity contribution < 1.29 is 0 Å². The number of nitrogens with zero attached hydrogens (tertiary/aromatic N) is 4. The Labute approximate surface area is 334 Å². The minimum atomic E-state index is 0.647. The standard InChI is InChI=1S/C54H34N4/c1-4-16-35(17-5-1)45-34-48-47(33-44(45)39-28-29-43-41-24-12-14-26-49(41)57(51(43)32-39)40-22-8-3-9-23-40)53(36-18-6-2-7-19-36)56-54(55-48)58-50-27-15-13-25-42(50)46-30-37-20-10-11-21-38(37)31-52(46)58/h1-34H. The number of aromatic nitrogens is 4. The van der Waals surface area contributed by atoms with Crippen LogP contribution in [0.5, 0.6) is 0 Å². The quantitative estimate of drug-likeness (QED) is 0.176. The van der Waals surface area contributed by atoms with Gasteiger partial charge in [0.05, 0.1) is 33.3 Å². The van der Waals surface area contributed by atoms with E-state index in [1.807, 2.05) is 0 Å². The van der Waals surface area contributed by atoms with Gasteiger partial charge in [-0.2, -0.15) is 0 Å². The molecular weight excluding hydrogens is 705 g/mol. The van der Waals surface area contributed by atoms with Gasteiger partial charge in [-0.15, -0.1) is 0 Å². The monoisotopic (exact) mass is 738 g/mol. The van der Waals surface area contributed by atoms with Crippen molar-refractivity contribution in [3.05, 3.63) is 206 Å². The van der Waals surface area contributed by atoms with E-state index in [4.69, 9.17) is 9.97 Å². The van der Waals surface area contributed by atoms with Crippen molar-refractivity contribution in [2.75, 3.05) is 0 Å². The molecule has 12 aromatic rings. The van der Waals surface area contributed by atoms with Crippen LogP contribution in [0.2, 0.25) is 0 Å². The van der Waals surface area contributed by atoms with E-state index in [2.05, 4.69) is 215 Å². The van der Waals surface area contributed by atoms with Crippen LogP contribution in [-0.2, 0) is 0 Å². The fourth-order valence-electron chi connectivity index (χ4n) is 9.04. The van der Waals surface area contributed by atoms with Gasteiger partial charge in [0.25, 0.3) is 0 Å². The number of para-hydroxylation sites is 3. The van der Waals surface area contributed by atoms with Gasteiger partial charge in [0.2, 0.25) is 5.95 Å². The molecule has 0 fully saturated rings. The number of hydrogen-bond donors (Lipinski definition) is 0. The molecule has 0 unspecified atom stereocenters. The number of benzene rings is 9. The zero-order valence-electron chi connectivity index (χ0n) is 31.4. The van der Waals surface area contributed by atoms with Crippen molar-refractivity contribution in [2.24, 2.45) is 0 Å². The van der Waals surface area contributed by atoms with E-state index in [-0.39, 0.29) is 0 Å². The van der Waals surface area contributed by atoms with Gasteiger partial charge in [-0.1, -0.05) is 152 Å². The van der Waals surface area contributed by atoms with Crippen LogP contribution in [0.25, 0.3) is 110 Å². The molecule has 270 valence electrons. The van der Waals surface area contributed by atoms with Gasteiger partial charge in [0.15, 0.2) is 0 Å². The summed E-state index contributed by atoms with van der Waals surface area (Å²) in [6.07, 6.45) is 0. The molecule has 0 radical (unpaired) electrons. The van der Waals surface area contributed by atoms with Crippen LogP contribution >= 0.6 is 0 Å². The molecule has 0 aliphatic carbocycles. The average Bonchev–Trinajstić information content (AvgIpc) is 3.80. The second-order valence-electron chi connectivity index (χ2n) is 15.0. The molecular formula is C54H34N4. The minimum Gasteiger partial charge on any atom is -0.309 e. The SMILES string of the molecule is c1ccc(-c2cc3nc(-n4c5ccccc5c5cc6ccccc6cc54)nc(-c4ccccc4)c3cc2-c2ccc3c4ccccc4n(-c4ccccc4)c3c2)cc1. The third-order valence-corrected chi connectivity index (χ3v) is 11.7. The Kier molecular flexibility index (Phi) is 7.20. The molecule has 0 aliphatic heterocycles. The second-order valence-corrected chi connectivity index (χ2v) is 15.0. The lowest BCUT2D eigenvalue weighted by Gasteiger charge is -2.17. The summed E-state index contributed by atoms with van der Waals surface area (Å²) >= 11 is 0. The number of fused-ring (bicyclic) bond motifs is 8. The van der Waals surface area contributed by atoms with E-state index in [0.29, 0.717) is 5.95 Å². The van der Waals surface area contributed by atoms with Crippen LogP contribution in [0.1, 0.15) is 0 Å². The molecule has 0 aliphatic rings. The smallest absolute Gasteiger partial charge is 0.235 e. The van der Waals surface area contributed by atoms with Gasteiger partial charge in [-0.3, -0.25) is 4.57 Å². The highest BCUT2D eigenvalue weighted by atomic mass is 15.2. The highest BCUT2D eigenvalue weighted by molar-refractivity contribution is 6.14. The largest absolute Gasteiger partial charge is 0.309 e. The Balaban J connectivity index is 1.17. The summed E-state index contributed by atoms with van der Waals surface area (Å²) in [5.41, 5.74) is 13.0. The molecule has 0 spiro atoms. The molecule has 0 atom stereocenters. The van der Waals surface area contributed by atoms with Crippen molar-refractivity contribution >= 4 is 65.3 Å². The van der Waals surface area contributed by atoms with Crippen molar-refractivity contribution in [2.45, 2.75) is 0 Å². The Morgan fingerprint density at radius 1 is 0.310 bits per heavy atom. The fraction of sp³-hybridized carbons (Fsp3) is 0. The molecule has 12 rings (SSSR count). The van der Waals surface area contributed by atoms with Gasteiger partial charge >= 0.3 is 0 Å². The van der Waals surface area contributed by atoms with Gasteiger partial charge < -0.3 is 4.57 Å². The predicted molar refractivity (Wildman–Crippen MR) is 242 cm³/mol. The maximum atomic E-state index is 5.51. The van der Waals surface area contributed by atoms with Gasteiger partial charge in [0.1, 0.15) is 0 Å². The zero-order chi connectivity index (χ0) is 38.2. The molecule has 4 heteroatoms. The molecule has 0 amide bonds. The fourth-order valence-corrected chi connectivity index (χ4v) is 9.04. The lowest BCUT2D eigenvalue weighted by molar-refractivity contribution is 1.01. The zero-order valence-corrected chi connectivity index (χ0v) is 31.4. The second kappa shape index (κ2) is 12.9. The van der Waals surface area contributed by atoms with E-state index in [9.17, 15) is 0 Å². The van der Waals surface area contributed by atoms with Crippen LogP contribution in [0.4, 0.5) is 0 Å². The Bertz CT molecular complexity index is 3550. The lowest BCUT2D eigenvalue weighted by Crippen LogP contribution is -2.04. The normalized spacial score (nSPS) is 11.8. The van der Waals surface area contributed by atoms with Gasteiger partial charge in [0, 0.05) is 38.2 Å². The molecule has 3 heterocycles. The summed E-state index contributed by atoms with van der Waals surface area (Å²) in [5.74, 6) is 0.647. The van der Waals surface area contributed by atoms with Crippen molar-refractivity contribution in [3.63, 3.8) is 0 Å². The summed E-state index contributed by atoms with van der Waals surface area (Å²) < 4.78 is 4.63. The Hall–Kier alpha value is -7.82. The molecule has 9 aromatic carbocycles. The highest BCUT2D eigenvalue weighted by Crippen LogP contribution is 2.42. The molecule has 58 heavy (non-hydrogen) atoms. The van der Waals surface area contributed by atoms with Crippen molar-refractivity contribution in [1.82, 2.24) is 19.1 Å². The van der Waals surface area contributed by atoms with E-state index in [1.54, 1.807) is 0 Å². The molecule has 4 nitrogen and oxygen atoms in total.